The second-order valence-corrected chi connectivity index (χ2v) is 7.12. The molecule has 1 N–H and O–H groups in total. The van der Waals surface area contributed by atoms with Crippen LogP contribution >= 0.6 is 0 Å². The van der Waals surface area contributed by atoms with Crippen LogP contribution < -0.4 is 0 Å². The summed E-state index contributed by atoms with van der Waals surface area (Å²) in [5.41, 5.74) is 1.49. The van der Waals surface area contributed by atoms with E-state index in [4.69, 9.17) is 4.74 Å². The van der Waals surface area contributed by atoms with Gasteiger partial charge in [-0.05, 0) is 45.2 Å². The zero-order chi connectivity index (χ0) is 17.2. The highest BCUT2D eigenvalue weighted by Gasteiger charge is 2.38. The summed E-state index contributed by atoms with van der Waals surface area (Å²) < 4.78 is 5.43. The zero-order valence-corrected chi connectivity index (χ0v) is 14.2. The lowest BCUT2D eigenvalue weighted by atomic mass is 9.79. The minimum absolute atomic E-state index is 0.213. The number of amides is 1. The normalized spacial score (nSPS) is 21.8. The van der Waals surface area contributed by atoms with Gasteiger partial charge in [0.25, 0.3) is 0 Å². The van der Waals surface area contributed by atoms with Crippen LogP contribution in [0.1, 0.15) is 44.2 Å². The first-order chi connectivity index (χ1) is 10.7. The number of aryl methyl sites for hydroxylation is 1. The number of rotatable bonds is 2. The summed E-state index contributed by atoms with van der Waals surface area (Å²) in [6, 6.07) is 7.77. The van der Waals surface area contributed by atoms with Gasteiger partial charge in [-0.3, -0.25) is 4.79 Å². The summed E-state index contributed by atoms with van der Waals surface area (Å²) >= 11 is 0. The lowest BCUT2D eigenvalue weighted by molar-refractivity contribution is -0.144. The van der Waals surface area contributed by atoms with Crippen molar-refractivity contribution in [1.29, 1.82) is 0 Å². The number of hydrogen-bond donors (Lipinski definition) is 1. The maximum absolute atomic E-state index is 12.3. The molecule has 0 radical (unpaired) electrons. The lowest BCUT2D eigenvalue weighted by Gasteiger charge is -2.38. The molecule has 0 aromatic heterocycles. The standard InChI is InChI=1S/C18H25NO4/c1-12-7-5-6-8-13(12)15-11-19(10-9-14(15)16(20)21)17(22)23-18(2,3)4/h5-8,14-15H,9-11H2,1-4H3,(H,20,21)/t14-,15+/m0/s1. The van der Waals surface area contributed by atoms with Gasteiger partial charge in [-0.25, -0.2) is 4.79 Å². The van der Waals surface area contributed by atoms with Crippen molar-refractivity contribution in [2.45, 2.75) is 45.6 Å². The molecule has 1 amide bonds. The molecule has 5 nitrogen and oxygen atoms in total. The molecule has 0 unspecified atom stereocenters. The van der Waals surface area contributed by atoms with E-state index in [9.17, 15) is 14.7 Å². The Hall–Kier alpha value is -2.04. The minimum atomic E-state index is -0.804. The van der Waals surface area contributed by atoms with Gasteiger partial charge in [-0.2, -0.15) is 0 Å². The van der Waals surface area contributed by atoms with E-state index in [0.29, 0.717) is 19.5 Å². The number of aliphatic carboxylic acids is 1. The van der Waals surface area contributed by atoms with E-state index in [-0.39, 0.29) is 12.0 Å². The Morgan fingerprint density at radius 1 is 1.26 bits per heavy atom. The predicted molar refractivity (Wildman–Crippen MR) is 87.5 cm³/mol. The minimum Gasteiger partial charge on any atom is -0.481 e. The Morgan fingerprint density at radius 3 is 2.48 bits per heavy atom. The summed E-state index contributed by atoms with van der Waals surface area (Å²) in [6.07, 6.45) is 0.0630. The second kappa shape index (κ2) is 6.60. The maximum atomic E-state index is 12.3. The van der Waals surface area contributed by atoms with Gasteiger partial charge in [-0.15, -0.1) is 0 Å². The molecule has 1 heterocycles. The molecule has 2 rings (SSSR count). The van der Waals surface area contributed by atoms with Crippen LogP contribution in [0.25, 0.3) is 0 Å². The smallest absolute Gasteiger partial charge is 0.410 e. The molecule has 2 atom stereocenters. The fourth-order valence-corrected chi connectivity index (χ4v) is 3.06. The Bertz CT molecular complexity index is 591. The van der Waals surface area contributed by atoms with E-state index in [0.717, 1.165) is 11.1 Å². The molecular weight excluding hydrogens is 294 g/mol. The average Bonchev–Trinajstić information content (AvgIpc) is 2.45. The highest BCUT2D eigenvalue weighted by atomic mass is 16.6. The van der Waals surface area contributed by atoms with Crippen molar-refractivity contribution in [2.75, 3.05) is 13.1 Å². The van der Waals surface area contributed by atoms with Gasteiger partial charge in [0.1, 0.15) is 5.60 Å². The van der Waals surface area contributed by atoms with E-state index in [1.165, 1.54) is 0 Å². The SMILES string of the molecule is Cc1ccccc1[C@H]1CN(C(=O)OC(C)(C)C)CC[C@@H]1C(=O)O. The number of likely N-dealkylation sites (tertiary alicyclic amines) is 1. The van der Waals surface area contributed by atoms with Crippen molar-refractivity contribution in [2.24, 2.45) is 5.92 Å². The third kappa shape index (κ3) is 4.24. The van der Waals surface area contributed by atoms with Gasteiger partial charge in [-0.1, -0.05) is 24.3 Å². The van der Waals surface area contributed by atoms with Crippen molar-refractivity contribution >= 4 is 12.1 Å². The zero-order valence-electron chi connectivity index (χ0n) is 14.2. The summed E-state index contributed by atoms with van der Waals surface area (Å²) in [5, 5.41) is 9.54. The van der Waals surface area contributed by atoms with Gasteiger partial charge in [0.2, 0.25) is 0 Å². The van der Waals surface area contributed by atoms with E-state index in [1.54, 1.807) is 4.90 Å². The number of nitrogens with zero attached hydrogens (tertiary/aromatic N) is 1. The van der Waals surface area contributed by atoms with Crippen molar-refractivity contribution in [1.82, 2.24) is 4.90 Å². The van der Waals surface area contributed by atoms with Crippen LogP contribution in [0, 0.1) is 12.8 Å². The van der Waals surface area contributed by atoms with E-state index < -0.39 is 17.5 Å². The Kier molecular flexibility index (Phi) is 4.97. The molecule has 126 valence electrons. The molecule has 0 bridgehead atoms. The van der Waals surface area contributed by atoms with Gasteiger partial charge < -0.3 is 14.7 Å². The van der Waals surface area contributed by atoms with Crippen LogP contribution in [0.4, 0.5) is 4.79 Å². The molecule has 5 heteroatoms. The van der Waals surface area contributed by atoms with Crippen LogP contribution in [0.15, 0.2) is 24.3 Å². The van der Waals surface area contributed by atoms with Crippen molar-refractivity contribution < 1.29 is 19.4 Å². The molecule has 0 spiro atoms. The molecule has 1 aliphatic heterocycles. The Morgan fingerprint density at radius 2 is 1.91 bits per heavy atom. The third-order valence-corrected chi connectivity index (χ3v) is 4.17. The number of carbonyl (C=O) groups is 2. The molecular formula is C18H25NO4. The summed E-state index contributed by atoms with van der Waals surface area (Å²) in [6.45, 7) is 8.24. The highest BCUT2D eigenvalue weighted by molar-refractivity contribution is 5.73. The molecule has 1 aromatic rings. The third-order valence-electron chi connectivity index (χ3n) is 4.17. The molecule has 1 aromatic carbocycles. The number of carbonyl (C=O) groups excluding carboxylic acids is 1. The monoisotopic (exact) mass is 319 g/mol. The second-order valence-electron chi connectivity index (χ2n) is 7.12. The molecule has 0 aliphatic carbocycles. The molecule has 1 fully saturated rings. The largest absolute Gasteiger partial charge is 0.481 e. The van der Waals surface area contributed by atoms with Crippen LogP contribution in [0.2, 0.25) is 0 Å². The Labute approximate surface area is 137 Å². The van der Waals surface area contributed by atoms with Gasteiger partial charge in [0, 0.05) is 19.0 Å². The molecule has 0 saturated carbocycles. The summed E-state index contributed by atoms with van der Waals surface area (Å²) in [5.74, 6) is -1.49. The van der Waals surface area contributed by atoms with Crippen LogP contribution in [-0.4, -0.2) is 40.8 Å². The number of ether oxygens (including phenoxy) is 1. The highest BCUT2D eigenvalue weighted by Crippen LogP contribution is 2.34. The van der Waals surface area contributed by atoms with E-state index in [1.807, 2.05) is 52.0 Å². The first-order valence-corrected chi connectivity index (χ1v) is 7.95. The maximum Gasteiger partial charge on any atom is 0.410 e. The number of hydrogen-bond acceptors (Lipinski definition) is 3. The summed E-state index contributed by atoms with van der Waals surface area (Å²) in [7, 11) is 0. The number of carboxylic acids is 1. The van der Waals surface area contributed by atoms with Gasteiger partial charge >= 0.3 is 12.1 Å². The van der Waals surface area contributed by atoms with Crippen LogP contribution in [0.5, 0.6) is 0 Å². The lowest BCUT2D eigenvalue weighted by Crippen LogP contribution is -2.46. The van der Waals surface area contributed by atoms with Gasteiger partial charge in [0.15, 0.2) is 0 Å². The first kappa shape index (κ1) is 17.3. The topological polar surface area (TPSA) is 66.8 Å². The quantitative estimate of drug-likeness (QED) is 0.907. The predicted octanol–water partition coefficient (Wildman–Crippen LogP) is 3.42. The fourth-order valence-electron chi connectivity index (χ4n) is 3.06. The number of piperidine rings is 1. The number of carboxylic acid groups (broad SMARTS) is 1. The Balaban J connectivity index is 2.23. The van der Waals surface area contributed by atoms with E-state index >= 15 is 0 Å². The average molecular weight is 319 g/mol. The number of benzene rings is 1. The molecule has 23 heavy (non-hydrogen) atoms. The van der Waals surface area contributed by atoms with Crippen LogP contribution in [-0.2, 0) is 9.53 Å². The van der Waals surface area contributed by atoms with Crippen molar-refractivity contribution in [3.8, 4) is 0 Å². The molecule has 1 saturated heterocycles. The van der Waals surface area contributed by atoms with Gasteiger partial charge in [0.05, 0.1) is 5.92 Å². The van der Waals surface area contributed by atoms with Crippen LogP contribution in [0.3, 0.4) is 0 Å². The fraction of sp³-hybridized carbons (Fsp3) is 0.556. The first-order valence-electron chi connectivity index (χ1n) is 7.95. The summed E-state index contributed by atoms with van der Waals surface area (Å²) in [4.78, 5) is 25.6. The van der Waals surface area contributed by atoms with Crippen molar-refractivity contribution in [3.05, 3.63) is 35.4 Å². The van der Waals surface area contributed by atoms with E-state index in [2.05, 4.69) is 0 Å². The molecule has 1 aliphatic rings. The van der Waals surface area contributed by atoms with Crippen molar-refractivity contribution in [3.63, 3.8) is 0 Å².